The number of rotatable bonds is 5. The van der Waals surface area contributed by atoms with E-state index >= 15 is 0 Å². The smallest absolute Gasteiger partial charge is 0.240 e. The van der Waals surface area contributed by atoms with Gasteiger partial charge in [0.2, 0.25) is 5.91 Å². The van der Waals surface area contributed by atoms with Gasteiger partial charge in [0.25, 0.3) is 0 Å². The van der Waals surface area contributed by atoms with Crippen LogP contribution in [0.1, 0.15) is 40.0 Å². The van der Waals surface area contributed by atoms with Gasteiger partial charge in [0.1, 0.15) is 5.41 Å². The van der Waals surface area contributed by atoms with Crippen molar-refractivity contribution in [1.82, 2.24) is 10.2 Å². The Bertz CT molecular complexity index is 304. The van der Waals surface area contributed by atoms with E-state index in [4.69, 9.17) is 5.26 Å². The Balaban J connectivity index is 2.42. The maximum atomic E-state index is 12.0. The van der Waals surface area contributed by atoms with Gasteiger partial charge in [-0.15, -0.1) is 0 Å². The second-order valence-corrected chi connectivity index (χ2v) is 5.18. The van der Waals surface area contributed by atoms with Crippen molar-refractivity contribution in [3.05, 3.63) is 0 Å². The molecule has 1 rings (SSSR count). The van der Waals surface area contributed by atoms with Crippen LogP contribution in [0.25, 0.3) is 0 Å². The molecule has 1 N–H and O–H groups in total. The molecule has 0 spiro atoms. The van der Waals surface area contributed by atoms with Crippen molar-refractivity contribution in [3.8, 4) is 6.07 Å². The van der Waals surface area contributed by atoms with Crippen LogP contribution in [0.15, 0.2) is 0 Å². The zero-order valence-corrected chi connectivity index (χ0v) is 11.1. The number of hydrogen-bond donors (Lipinski definition) is 1. The molecule has 0 aliphatic carbocycles. The first kappa shape index (κ1) is 14.0. The van der Waals surface area contributed by atoms with Crippen LogP contribution in [-0.4, -0.2) is 36.5 Å². The Kier molecular flexibility index (Phi) is 4.95. The summed E-state index contributed by atoms with van der Waals surface area (Å²) in [6, 6.07) is 2.21. The van der Waals surface area contributed by atoms with Crippen LogP contribution in [0.5, 0.6) is 0 Å². The summed E-state index contributed by atoms with van der Waals surface area (Å²) in [4.78, 5) is 14.3. The van der Waals surface area contributed by atoms with E-state index in [1.54, 1.807) is 6.92 Å². The van der Waals surface area contributed by atoms with E-state index in [0.29, 0.717) is 6.42 Å². The minimum atomic E-state index is -0.890. The Morgan fingerprint density at radius 1 is 1.53 bits per heavy atom. The molecule has 1 aliphatic rings. The van der Waals surface area contributed by atoms with Gasteiger partial charge in [0.15, 0.2) is 0 Å². The number of carbonyl (C=O) groups is 1. The quantitative estimate of drug-likeness (QED) is 0.789. The summed E-state index contributed by atoms with van der Waals surface area (Å²) in [5, 5.41) is 12.0. The average Bonchev–Trinajstić information content (AvgIpc) is 2.80. The van der Waals surface area contributed by atoms with E-state index in [9.17, 15) is 4.79 Å². The van der Waals surface area contributed by atoms with Gasteiger partial charge in [-0.05, 0) is 46.2 Å². The van der Waals surface area contributed by atoms with Crippen LogP contribution < -0.4 is 5.32 Å². The lowest BCUT2D eigenvalue weighted by Crippen LogP contribution is -2.46. The van der Waals surface area contributed by atoms with Crippen molar-refractivity contribution < 1.29 is 4.79 Å². The van der Waals surface area contributed by atoms with Crippen LogP contribution in [0.4, 0.5) is 0 Å². The fourth-order valence-corrected chi connectivity index (χ4v) is 2.07. The number of hydrogen-bond acceptors (Lipinski definition) is 3. The number of nitriles is 1. The first-order valence-electron chi connectivity index (χ1n) is 6.46. The van der Waals surface area contributed by atoms with Crippen molar-refractivity contribution >= 4 is 5.91 Å². The lowest BCUT2D eigenvalue weighted by Gasteiger charge is -2.25. The molecule has 4 nitrogen and oxygen atoms in total. The van der Waals surface area contributed by atoms with E-state index < -0.39 is 5.41 Å². The normalized spacial score (nSPS) is 21.5. The van der Waals surface area contributed by atoms with E-state index in [-0.39, 0.29) is 11.9 Å². The fourth-order valence-electron chi connectivity index (χ4n) is 2.07. The molecule has 1 fully saturated rings. The molecular formula is C13H23N3O. The van der Waals surface area contributed by atoms with Gasteiger partial charge < -0.3 is 10.2 Å². The van der Waals surface area contributed by atoms with Crippen LogP contribution in [0, 0.1) is 16.7 Å². The van der Waals surface area contributed by atoms with E-state index in [2.05, 4.69) is 16.3 Å². The molecule has 17 heavy (non-hydrogen) atoms. The Labute approximate surface area is 104 Å². The molecule has 1 saturated heterocycles. The summed E-state index contributed by atoms with van der Waals surface area (Å²) in [6.07, 6.45) is 3.06. The molecule has 0 radical (unpaired) electrons. The summed E-state index contributed by atoms with van der Waals surface area (Å²) in [5.74, 6) is -0.144. The van der Waals surface area contributed by atoms with Gasteiger partial charge in [-0.1, -0.05) is 6.92 Å². The van der Waals surface area contributed by atoms with Gasteiger partial charge >= 0.3 is 0 Å². The molecule has 2 unspecified atom stereocenters. The third-order valence-electron chi connectivity index (χ3n) is 3.56. The van der Waals surface area contributed by atoms with Crippen molar-refractivity contribution in [3.63, 3.8) is 0 Å². The first-order valence-corrected chi connectivity index (χ1v) is 6.46. The SMILES string of the molecule is CCC(C)(C#N)C(=O)NC(C)CN1CCCC1. The molecule has 96 valence electrons. The van der Waals surface area contributed by atoms with Gasteiger partial charge in [-0.25, -0.2) is 0 Å². The number of nitrogens with one attached hydrogen (secondary N) is 1. The number of amides is 1. The van der Waals surface area contributed by atoms with Gasteiger partial charge in [-0.3, -0.25) is 4.79 Å². The lowest BCUT2D eigenvalue weighted by molar-refractivity contribution is -0.128. The Hall–Kier alpha value is -1.08. The first-order chi connectivity index (χ1) is 8.01. The summed E-state index contributed by atoms with van der Waals surface area (Å²) >= 11 is 0. The zero-order chi connectivity index (χ0) is 12.9. The average molecular weight is 237 g/mol. The molecule has 4 heteroatoms. The molecule has 0 saturated carbocycles. The third kappa shape index (κ3) is 3.71. The van der Waals surface area contributed by atoms with Crippen LogP contribution in [-0.2, 0) is 4.79 Å². The summed E-state index contributed by atoms with van der Waals surface area (Å²) in [5.41, 5.74) is -0.890. The maximum absolute atomic E-state index is 12.0. The summed E-state index contributed by atoms with van der Waals surface area (Å²) in [7, 11) is 0. The minimum Gasteiger partial charge on any atom is -0.351 e. The number of nitrogens with zero attached hydrogens (tertiary/aromatic N) is 2. The van der Waals surface area contributed by atoms with Crippen LogP contribution in [0.3, 0.4) is 0 Å². The zero-order valence-electron chi connectivity index (χ0n) is 11.1. The second-order valence-electron chi connectivity index (χ2n) is 5.18. The highest BCUT2D eigenvalue weighted by atomic mass is 16.2. The maximum Gasteiger partial charge on any atom is 0.240 e. The molecule has 0 aromatic carbocycles. The predicted molar refractivity (Wildman–Crippen MR) is 67.3 cm³/mol. The Morgan fingerprint density at radius 3 is 2.59 bits per heavy atom. The van der Waals surface area contributed by atoms with Crippen molar-refractivity contribution in [1.29, 1.82) is 5.26 Å². The highest BCUT2D eigenvalue weighted by molar-refractivity contribution is 5.85. The lowest BCUT2D eigenvalue weighted by atomic mass is 9.88. The number of carbonyl (C=O) groups excluding carboxylic acids is 1. The van der Waals surface area contributed by atoms with E-state index in [1.807, 2.05) is 13.8 Å². The van der Waals surface area contributed by atoms with Gasteiger partial charge in [0, 0.05) is 12.6 Å². The molecule has 1 heterocycles. The van der Waals surface area contributed by atoms with Crippen LogP contribution >= 0.6 is 0 Å². The molecule has 0 aromatic heterocycles. The second kappa shape index (κ2) is 6.02. The highest BCUT2D eigenvalue weighted by Crippen LogP contribution is 2.20. The molecule has 0 bridgehead atoms. The minimum absolute atomic E-state index is 0.111. The highest BCUT2D eigenvalue weighted by Gasteiger charge is 2.32. The summed E-state index contributed by atoms with van der Waals surface area (Å²) in [6.45, 7) is 8.71. The fraction of sp³-hybridized carbons (Fsp3) is 0.846. The standard InChI is InChI=1S/C13H23N3O/c1-4-13(3,10-14)12(17)15-11(2)9-16-7-5-6-8-16/h11H,4-9H2,1-3H3,(H,15,17). The molecule has 0 aromatic rings. The van der Waals surface area contributed by atoms with Crippen molar-refractivity contribution in [2.45, 2.75) is 46.1 Å². The van der Waals surface area contributed by atoms with E-state index in [1.165, 1.54) is 12.8 Å². The molecule has 2 atom stereocenters. The topological polar surface area (TPSA) is 56.1 Å². The van der Waals surface area contributed by atoms with Gasteiger partial charge in [-0.2, -0.15) is 5.26 Å². The van der Waals surface area contributed by atoms with Crippen LogP contribution in [0.2, 0.25) is 0 Å². The summed E-state index contributed by atoms with van der Waals surface area (Å²) < 4.78 is 0. The van der Waals surface area contributed by atoms with Crippen molar-refractivity contribution in [2.24, 2.45) is 5.41 Å². The largest absolute Gasteiger partial charge is 0.351 e. The molecule has 1 amide bonds. The molecular weight excluding hydrogens is 214 g/mol. The number of likely N-dealkylation sites (tertiary alicyclic amines) is 1. The van der Waals surface area contributed by atoms with E-state index in [0.717, 1.165) is 19.6 Å². The monoisotopic (exact) mass is 237 g/mol. The molecule has 1 aliphatic heterocycles. The third-order valence-corrected chi connectivity index (χ3v) is 3.56. The Morgan fingerprint density at radius 2 is 2.12 bits per heavy atom. The van der Waals surface area contributed by atoms with Gasteiger partial charge in [0.05, 0.1) is 6.07 Å². The predicted octanol–water partition coefficient (Wildman–Crippen LogP) is 1.53. The van der Waals surface area contributed by atoms with Crippen molar-refractivity contribution in [2.75, 3.05) is 19.6 Å².